The maximum absolute atomic E-state index is 5.73. The van der Waals surface area contributed by atoms with E-state index in [1.54, 1.807) is 0 Å². The van der Waals surface area contributed by atoms with E-state index < -0.39 is 0 Å². The molecule has 0 radical (unpaired) electrons. The molecule has 1 aromatic rings. The highest BCUT2D eigenvalue weighted by molar-refractivity contribution is 5.41. The number of nitrogens with one attached hydrogen (secondary N) is 2. The van der Waals surface area contributed by atoms with E-state index in [0.29, 0.717) is 6.61 Å². The van der Waals surface area contributed by atoms with Gasteiger partial charge in [-0.1, -0.05) is 32.0 Å². The molecular weight excluding hydrogens is 236 g/mol. The van der Waals surface area contributed by atoms with Gasteiger partial charge in [-0.15, -0.1) is 0 Å². The van der Waals surface area contributed by atoms with Gasteiger partial charge in [-0.3, -0.25) is 0 Å². The molecule has 0 aliphatic carbocycles. The predicted molar refractivity (Wildman–Crippen MR) is 82.2 cm³/mol. The highest BCUT2D eigenvalue weighted by atomic mass is 16.5. The Labute approximate surface area is 117 Å². The van der Waals surface area contributed by atoms with Crippen molar-refractivity contribution in [2.24, 2.45) is 5.92 Å². The van der Waals surface area contributed by atoms with Gasteiger partial charge in [-0.05, 0) is 44.7 Å². The van der Waals surface area contributed by atoms with Crippen LogP contribution in [0, 0.1) is 5.92 Å². The molecule has 3 nitrogen and oxygen atoms in total. The standard InChI is InChI=1S/C16H28N2O/c1-14(2)9-8-12-19-13-16(3,4)18-17-15-10-6-5-7-11-15/h5-7,10-11,14,17-18H,8-9,12-13H2,1-4H3. The summed E-state index contributed by atoms with van der Waals surface area (Å²) in [4.78, 5) is 0. The molecule has 0 aromatic heterocycles. The molecule has 19 heavy (non-hydrogen) atoms. The Balaban J connectivity index is 2.17. The molecule has 0 saturated heterocycles. The van der Waals surface area contributed by atoms with Crippen LogP contribution in [0.25, 0.3) is 0 Å². The first-order valence-corrected chi connectivity index (χ1v) is 7.15. The van der Waals surface area contributed by atoms with E-state index in [2.05, 4.69) is 38.5 Å². The van der Waals surface area contributed by atoms with Gasteiger partial charge in [0.2, 0.25) is 0 Å². The monoisotopic (exact) mass is 264 g/mol. The van der Waals surface area contributed by atoms with Gasteiger partial charge < -0.3 is 10.2 Å². The van der Waals surface area contributed by atoms with Crippen LogP contribution in [0.3, 0.4) is 0 Å². The lowest BCUT2D eigenvalue weighted by Crippen LogP contribution is -2.46. The van der Waals surface area contributed by atoms with Crippen LogP contribution in [0.4, 0.5) is 5.69 Å². The number of benzene rings is 1. The fourth-order valence-electron chi connectivity index (χ4n) is 1.72. The number of hydrogen-bond donors (Lipinski definition) is 2. The summed E-state index contributed by atoms with van der Waals surface area (Å²) in [6.07, 6.45) is 2.37. The van der Waals surface area contributed by atoms with Crippen molar-refractivity contribution >= 4 is 5.69 Å². The zero-order valence-corrected chi connectivity index (χ0v) is 12.7. The molecule has 0 aliphatic heterocycles. The van der Waals surface area contributed by atoms with Gasteiger partial charge in [-0.2, -0.15) is 0 Å². The maximum atomic E-state index is 5.73. The fraction of sp³-hybridized carbons (Fsp3) is 0.625. The summed E-state index contributed by atoms with van der Waals surface area (Å²) < 4.78 is 5.73. The second-order valence-corrected chi connectivity index (χ2v) is 6.09. The lowest BCUT2D eigenvalue weighted by molar-refractivity contribution is 0.0814. The molecule has 0 unspecified atom stereocenters. The summed E-state index contributed by atoms with van der Waals surface area (Å²) in [7, 11) is 0. The minimum atomic E-state index is -0.0896. The smallest absolute Gasteiger partial charge is 0.0660 e. The van der Waals surface area contributed by atoms with Crippen molar-refractivity contribution in [1.82, 2.24) is 5.43 Å². The number of anilines is 1. The van der Waals surface area contributed by atoms with Gasteiger partial charge in [0.05, 0.1) is 12.1 Å². The Morgan fingerprint density at radius 3 is 2.47 bits per heavy atom. The molecule has 0 amide bonds. The highest BCUT2D eigenvalue weighted by Crippen LogP contribution is 2.08. The van der Waals surface area contributed by atoms with Crippen LogP contribution in [0.2, 0.25) is 0 Å². The number of hydrazine groups is 1. The zero-order chi connectivity index (χ0) is 14.1. The summed E-state index contributed by atoms with van der Waals surface area (Å²) >= 11 is 0. The van der Waals surface area contributed by atoms with Crippen molar-refractivity contribution in [2.75, 3.05) is 18.6 Å². The lowest BCUT2D eigenvalue weighted by Gasteiger charge is -2.27. The molecule has 3 heteroatoms. The Morgan fingerprint density at radius 2 is 1.84 bits per heavy atom. The van der Waals surface area contributed by atoms with Gasteiger partial charge in [0, 0.05) is 12.3 Å². The van der Waals surface area contributed by atoms with E-state index >= 15 is 0 Å². The van der Waals surface area contributed by atoms with Crippen LogP contribution in [0.1, 0.15) is 40.5 Å². The second kappa shape index (κ2) is 8.18. The highest BCUT2D eigenvalue weighted by Gasteiger charge is 2.17. The quantitative estimate of drug-likeness (QED) is 0.525. The largest absolute Gasteiger partial charge is 0.379 e. The van der Waals surface area contributed by atoms with Crippen LogP contribution >= 0.6 is 0 Å². The third kappa shape index (κ3) is 7.85. The predicted octanol–water partition coefficient (Wildman–Crippen LogP) is 3.83. The van der Waals surface area contributed by atoms with Gasteiger partial charge in [0.15, 0.2) is 0 Å². The third-order valence-corrected chi connectivity index (χ3v) is 2.85. The molecule has 0 fully saturated rings. The van der Waals surface area contributed by atoms with Gasteiger partial charge >= 0.3 is 0 Å². The van der Waals surface area contributed by atoms with Crippen molar-refractivity contribution < 1.29 is 4.74 Å². The summed E-state index contributed by atoms with van der Waals surface area (Å²) in [6.45, 7) is 10.3. The Bertz CT molecular complexity index is 336. The molecule has 0 aliphatic rings. The lowest BCUT2D eigenvalue weighted by atomic mass is 10.1. The zero-order valence-electron chi connectivity index (χ0n) is 12.7. The van der Waals surface area contributed by atoms with E-state index in [0.717, 1.165) is 24.6 Å². The normalized spacial score (nSPS) is 11.8. The number of para-hydroxylation sites is 1. The van der Waals surface area contributed by atoms with Crippen molar-refractivity contribution in [3.8, 4) is 0 Å². The van der Waals surface area contributed by atoms with Gasteiger partial charge in [0.1, 0.15) is 0 Å². The molecule has 108 valence electrons. The molecular formula is C16H28N2O. The van der Waals surface area contributed by atoms with Crippen molar-refractivity contribution in [1.29, 1.82) is 0 Å². The van der Waals surface area contributed by atoms with Crippen LogP contribution in [0.15, 0.2) is 30.3 Å². The fourth-order valence-corrected chi connectivity index (χ4v) is 1.72. The molecule has 1 rings (SSSR count). The molecule has 0 bridgehead atoms. The van der Waals surface area contributed by atoms with Gasteiger partial charge in [-0.25, -0.2) is 5.43 Å². The number of ether oxygens (including phenoxy) is 1. The Hall–Kier alpha value is -1.06. The molecule has 2 N–H and O–H groups in total. The summed E-state index contributed by atoms with van der Waals surface area (Å²) in [5.74, 6) is 0.759. The first-order chi connectivity index (χ1) is 8.99. The van der Waals surface area contributed by atoms with Crippen molar-refractivity contribution in [2.45, 2.75) is 46.1 Å². The van der Waals surface area contributed by atoms with E-state index in [9.17, 15) is 0 Å². The minimum Gasteiger partial charge on any atom is -0.379 e. The molecule has 0 spiro atoms. The number of rotatable bonds is 9. The average Bonchev–Trinajstić information content (AvgIpc) is 2.37. The molecule has 0 atom stereocenters. The Kier molecular flexibility index (Phi) is 6.89. The second-order valence-electron chi connectivity index (χ2n) is 6.09. The van der Waals surface area contributed by atoms with E-state index in [1.807, 2.05) is 30.3 Å². The van der Waals surface area contributed by atoms with Crippen molar-refractivity contribution in [3.05, 3.63) is 30.3 Å². The molecule has 0 heterocycles. The topological polar surface area (TPSA) is 33.3 Å². The van der Waals surface area contributed by atoms with E-state index in [1.165, 1.54) is 6.42 Å². The van der Waals surface area contributed by atoms with E-state index in [-0.39, 0.29) is 5.54 Å². The summed E-state index contributed by atoms with van der Waals surface area (Å²) in [6, 6.07) is 10.1. The maximum Gasteiger partial charge on any atom is 0.0660 e. The van der Waals surface area contributed by atoms with Crippen molar-refractivity contribution in [3.63, 3.8) is 0 Å². The summed E-state index contributed by atoms with van der Waals surface area (Å²) in [5, 5.41) is 0. The SMILES string of the molecule is CC(C)CCCOCC(C)(C)NNc1ccccc1. The van der Waals surface area contributed by atoms with Gasteiger partial charge in [0.25, 0.3) is 0 Å². The van der Waals surface area contributed by atoms with Crippen LogP contribution < -0.4 is 10.9 Å². The molecule has 1 aromatic carbocycles. The Morgan fingerprint density at radius 1 is 1.16 bits per heavy atom. The van der Waals surface area contributed by atoms with Crippen LogP contribution in [-0.4, -0.2) is 18.8 Å². The first-order valence-electron chi connectivity index (χ1n) is 7.15. The van der Waals surface area contributed by atoms with Crippen LogP contribution in [-0.2, 0) is 4.74 Å². The van der Waals surface area contributed by atoms with E-state index in [4.69, 9.17) is 4.74 Å². The number of hydrogen-bond acceptors (Lipinski definition) is 3. The van der Waals surface area contributed by atoms with Crippen LogP contribution in [0.5, 0.6) is 0 Å². The first kappa shape index (κ1) is 16.0. The summed E-state index contributed by atoms with van der Waals surface area (Å²) in [5.41, 5.74) is 7.49. The molecule has 0 saturated carbocycles. The average molecular weight is 264 g/mol. The minimum absolute atomic E-state index is 0.0896. The third-order valence-electron chi connectivity index (χ3n) is 2.85.